The maximum Gasteiger partial charge on any atom is 0.128 e. The lowest BCUT2D eigenvalue weighted by Gasteiger charge is -2.25. The van der Waals surface area contributed by atoms with Crippen molar-refractivity contribution in [3.8, 4) is 0 Å². The van der Waals surface area contributed by atoms with Gasteiger partial charge in [0, 0.05) is 6.54 Å². The molecule has 0 aromatic carbocycles. The summed E-state index contributed by atoms with van der Waals surface area (Å²) >= 11 is 2.31. The summed E-state index contributed by atoms with van der Waals surface area (Å²) in [5.74, 6) is 0. The number of unbranched alkanes of at least 4 members (excludes halogenated alkanes) is 1. The summed E-state index contributed by atoms with van der Waals surface area (Å²) in [6.07, 6.45) is 6.16. The first-order valence-corrected chi connectivity index (χ1v) is 5.51. The lowest BCUT2D eigenvalue weighted by molar-refractivity contribution is 0.182. The van der Waals surface area contributed by atoms with Gasteiger partial charge in [-0.3, -0.25) is 8.12 Å². The lowest BCUT2D eigenvalue weighted by Crippen LogP contribution is -2.34. The van der Waals surface area contributed by atoms with Gasteiger partial charge in [-0.25, -0.2) is 0 Å². The van der Waals surface area contributed by atoms with Gasteiger partial charge in [0.2, 0.25) is 0 Å². The third-order valence-corrected chi connectivity index (χ3v) is 2.97. The molecule has 1 atom stereocenters. The van der Waals surface area contributed by atoms with E-state index >= 15 is 0 Å². The average Bonchev–Trinajstić information content (AvgIpc) is 2.43. The predicted molar refractivity (Wildman–Crippen MR) is 60.0 cm³/mol. The minimum absolute atomic E-state index is 0.496. The Morgan fingerprint density at radius 1 is 1.50 bits per heavy atom. The van der Waals surface area contributed by atoms with E-state index in [-0.39, 0.29) is 0 Å². The molecule has 0 aromatic rings. The molecule has 0 spiro atoms. The molecule has 0 aromatic heterocycles. The van der Waals surface area contributed by atoms with Gasteiger partial charge in [-0.1, -0.05) is 13.3 Å². The van der Waals surface area contributed by atoms with E-state index in [0.717, 1.165) is 6.54 Å². The van der Waals surface area contributed by atoms with Crippen molar-refractivity contribution in [2.75, 3.05) is 6.54 Å². The highest BCUT2D eigenvalue weighted by Gasteiger charge is 2.23. The Hall–Kier alpha value is 0. The summed E-state index contributed by atoms with van der Waals surface area (Å²) in [7, 11) is 0. The van der Waals surface area contributed by atoms with E-state index in [1.165, 1.54) is 19.3 Å². The second-order valence-electron chi connectivity index (χ2n) is 2.95. The van der Waals surface area contributed by atoms with Gasteiger partial charge in [0.15, 0.2) is 0 Å². The van der Waals surface area contributed by atoms with E-state index in [2.05, 4.69) is 49.9 Å². The van der Waals surface area contributed by atoms with Crippen molar-refractivity contribution in [3.05, 3.63) is 0 Å². The van der Waals surface area contributed by atoms with E-state index in [0.29, 0.717) is 6.17 Å². The number of halogens is 1. The van der Waals surface area contributed by atoms with E-state index in [9.17, 15) is 0 Å². The van der Waals surface area contributed by atoms with Crippen molar-refractivity contribution in [1.82, 2.24) is 8.12 Å². The van der Waals surface area contributed by atoms with Gasteiger partial charge >= 0.3 is 0 Å². The third-order valence-electron chi connectivity index (χ3n) is 2.08. The maximum atomic E-state index is 4.30. The topological polar surface area (TPSA) is 18.8 Å². The molecular weight excluding hydrogens is 265 g/mol. The number of hydrogen-bond donors (Lipinski definition) is 0. The summed E-state index contributed by atoms with van der Waals surface area (Å²) in [5, 5.41) is 6.44. The first-order chi connectivity index (χ1) is 5.79. The zero-order chi connectivity index (χ0) is 8.97. The Morgan fingerprint density at radius 2 is 2.25 bits per heavy atom. The third kappa shape index (κ3) is 2.24. The van der Waals surface area contributed by atoms with E-state index in [4.69, 9.17) is 0 Å². The van der Waals surface area contributed by atoms with Crippen LogP contribution in [0.2, 0.25) is 0 Å². The molecule has 1 unspecified atom stereocenters. The summed E-state index contributed by atoms with van der Waals surface area (Å²) < 4.78 is 2.16. The molecule has 70 valence electrons. The fourth-order valence-corrected chi connectivity index (χ4v) is 2.03. The second kappa shape index (κ2) is 4.89. The summed E-state index contributed by atoms with van der Waals surface area (Å²) in [6, 6.07) is 0. The standard InChI is InChI=1S/C8H16IN3/c1-3-5-6-8-11(9)7-10-12(8)4-2/h7-8H,3-6H2,1-2H3. The SMILES string of the molecule is CCCCC1N(I)C=NN1CC. The monoisotopic (exact) mass is 281 g/mol. The summed E-state index contributed by atoms with van der Waals surface area (Å²) in [5.41, 5.74) is 0. The number of hydrogen-bond acceptors (Lipinski definition) is 3. The normalized spacial score (nSPS) is 22.4. The largest absolute Gasteiger partial charge is 0.280 e. The highest BCUT2D eigenvalue weighted by molar-refractivity contribution is 14.1. The van der Waals surface area contributed by atoms with Crippen molar-refractivity contribution in [3.63, 3.8) is 0 Å². The Labute approximate surface area is 88.3 Å². The van der Waals surface area contributed by atoms with Crippen LogP contribution in [0.1, 0.15) is 33.1 Å². The first-order valence-electron chi connectivity index (χ1n) is 4.54. The molecule has 0 amide bonds. The summed E-state index contributed by atoms with van der Waals surface area (Å²) in [6.45, 7) is 5.38. The van der Waals surface area contributed by atoms with E-state index in [1.807, 2.05) is 6.34 Å². The zero-order valence-corrected chi connectivity index (χ0v) is 9.86. The molecule has 1 heterocycles. The number of nitrogens with zero attached hydrogens (tertiary/aromatic N) is 3. The van der Waals surface area contributed by atoms with Crippen LogP contribution in [-0.4, -0.2) is 27.2 Å². The minimum Gasteiger partial charge on any atom is -0.280 e. The van der Waals surface area contributed by atoms with Crippen molar-refractivity contribution in [2.45, 2.75) is 39.3 Å². The van der Waals surface area contributed by atoms with Crippen LogP contribution < -0.4 is 0 Å². The molecule has 0 N–H and O–H groups in total. The fourth-order valence-electron chi connectivity index (χ4n) is 1.35. The predicted octanol–water partition coefficient (Wildman–Crippen LogP) is 2.43. The molecule has 0 saturated heterocycles. The van der Waals surface area contributed by atoms with Crippen LogP contribution in [0.25, 0.3) is 0 Å². The molecule has 0 fully saturated rings. The number of hydrazone groups is 1. The molecule has 0 aliphatic carbocycles. The van der Waals surface area contributed by atoms with Gasteiger partial charge < -0.3 is 0 Å². The quantitative estimate of drug-likeness (QED) is 0.582. The molecule has 0 radical (unpaired) electrons. The smallest absolute Gasteiger partial charge is 0.128 e. The van der Waals surface area contributed by atoms with E-state index in [1.54, 1.807) is 0 Å². The fraction of sp³-hybridized carbons (Fsp3) is 0.875. The molecule has 1 aliphatic rings. The van der Waals surface area contributed by atoms with Crippen molar-refractivity contribution < 1.29 is 0 Å². The molecule has 4 heteroatoms. The molecule has 1 rings (SSSR count). The van der Waals surface area contributed by atoms with Crippen LogP contribution in [0.3, 0.4) is 0 Å². The van der Waals surface area contributed by atoms with Crippen molar-refractivity contribution >= 4 is 29.2 Å². The summed E-state index contributed by atoms with van der Waals surface area (Å²) in [4.78, 5) is 0. The Balaban J connectivity index is 2.39. The minimum atomic E-state index is 0.496. The molecule has 12 heavy (non-hydrogen) atoms. The highest BCUT2D eigenvalue weighted by Crippen LogP contribution is 2.20. The van der Waals surface area contributed by atoms with Gasteiger partial charge in [0.1, 0.15) is 12.5 Å². The molecule has 1 aliphatic heterocycles. The molecule has 0 bridgehead atoms. The van der Waals surface area contributed by atoms with Crippen molar-refractivity contribution in [2.24, 2.45) is 5.10 Å². The Bertz CT molecular complexity index is 160. The molecule has 0 saturated carbocycles. The number of rotatable bonds is 4. The van der Waals surface area contributed by atoms with Crippen LogP contribution in [0.15, 0.2) is 5.10 Å². The van der Waals surface area contributed by atoms with Crippen LogP contribution in [0.5, 0.6) is 0 Å². The maximum absolute atomic E-state index is 4.30. The second-order valence-corrected chi connectivity index (χ2v) is 4.07. The Morgan fingerprint density at radius 3 is 2.83 bits per heavy atom. The zero-order valence-electron chi connectivity index (χ0n) is 7.70. The molecular formula is C8H16IN3. The van der Waals surface area contributed by atoms with Gasteiger partial charge in [0.05, 0.1) is 22.9 Å². The van der Waals surface area contributed by atoms with Crippen LogP contribution in [0, 0.1) is 0 Å². The van der Waals surface area contributed by atoms with Gasteiger partial charge in [-0.15, -0.1) is 0 Å². The van der Waals surface area contributed by atoms with Gasteiger partial charge in [-0.05, 0) is 19.8 Å². The van der Waals surface area contributed by atoms with Crippen molar-refractivity contribution in [1.29, 1.82) is 0 Å². The first kappa shape index (κ1) is 10.1. The molecule has 3 nitrogen and oxygen atoms in total. The van der Waals surface area contributed by atoms with Crippen LogP contribution in [0.4, 0.5) is 0 Å². The van der Waals surface area contributed by atoms with Gasteiger partial charge in [-0.2, -0.15) is 5.10 Å². The van der Waals surface area contributed by atoms with Gasteiger partial charge in [0.25, 0.3) is 0 Å². The van der Waals surface area contributed by atoms with Crippen LogP contribution >= 0.6 is 22.9 Å². The van der Waals surface area contributed by atoms with E-state index < -0.39 is 0 Å². The lowest BCUT2D eigenvalue weighted by atomic mass is 10.2. The van der Waals surface area contributed by atoms with Crippen LogP contribution in [-0.2, 0) is 0 Å². The average molecular weight is 281 g/mol. The Kier molecular flexibility index (Phi) is 4.11. The highest BCUT2D eigenvalue weighted by atomic mass is 127.